The number of nitrogens with one attached hydrogen (secondary N) is 1. The highest BCUT2D eigenvalue weighted by atomic mass is 16.5. The topological polar surface area (TPSA) is 39.7 Å². The van der Waals surface area contributed by atoms with Crippen LogP contribution in [0.4, 0.5) is 0 Å². The Kier molecular flexibility index (Phi) is 9.04. The van der Waals surface area contributed by atoms with Gasteiger partial charge in [0, 0.05) is 19.8 Å². The minimum Gasteiger partial charge on any atom is -0.494 e. The van der Waals surface area contributed by atoms with Crippen molar-refractivity contribution in [3.8, 4) is 5.75 Å². The number of hydrogen-bond donors (Lipinski definition) is 1. The summed E-state index contributed by atoms with van der Waals surface area (Å²) < 4.78 is 16.0. The lowest BCUT2D eigenvalue weighted by Gasteiger charge is -2.18. The highest BCUT2D eigenvalue weighted by Gasteiger charge is 2.10. The molecule has 1 rings (SSSR count). The number of methoxy groups -OCH3 is 1. The van der Waals surface area contributed by atoms with Crippen molar-refractivity contribution < 1.29 is 14.2 Å². The van der Waals surface area contributed by atoms with Crippen LogP contribution < -0.4 is 10.1 Å². The summed E-state index contributed by atoms with van der Waals surface area (Å²) >= 11 is 0. The van der Waals surface area contributed by atoms with Crippen molar-refractivity contribution in [3.63, 3.8) is 0 Å². The normalized spacial score (nSPS) is 12.3. The van der Waals surface area contributed by atoms with Crippen molar-refractivity contribution >= 4 is 0 Å². The van der Waals surface area contributed by atoms with Crippen LogP contribution in [0.3, 0.4) is 0 Å². The molecule has 1 unspecified atom stereocenters. The molecule has 0 fully saturated rings. The van der Waals surface area contributed by atoms with Gasteiger partial charge >= 0.3 is 0 Å². The molecule has 0 aliphatic carbocycles. The van der Waals surface area contributed by atoms with Gasteiger partial charge < -0.3 is 19.5 Å². The van der Waals surface area contributed by atoms with E-state index in [0.717, 1.165) is 25.3 Å². The van der Waals surface area contributed by atoms with Gasteiger partial charge in [0.25, 0.3) is 0 Å². The number of rotatable bonds is 11. The zero-order valence-electron chi connectivity index (χ0n) is 12.9. The molecule has 0 saturated heterocycles. The summed E-state index contributed by atoms with van der Waals surface area (Å²) in [7, 11) is 1.69. The molecule has 0 aliphatic rings. The number of hydrogen-bond acceptors (Lipinski definition) is 4. The van der Waals surface area contributed by atoms with E-state index in [9.17, 15) is 0 Å². The van der Waals surface area contributed by atoms with Crippen LogP contribution in [0.1, 0.15) is 31.9 Å². The molecule has 0 spiro atoms. The van der Waals surface area contributed by atoms with Crippen LogP contribution in [-0.2, 0) is 9.47 Å². The van der Waals surface area contributed by atoms with Gasteiger partial charge in [-0.25, -0.2) is 0 Å². The van der Waals surface area contributed by atoms with E-state index in [1.54, 1.807) is 7.11 Å². The van der Waals surface area contributed by atoms with Gasteiger partial charge in [-0.3, -0.25) is 0 Å². The average Bonchev–Trinajstić information content (AvgIpc) is 2.47. The van der Waals surface area contributed by atoms with Crippen LogP contribution in [0.25, 0.3) is 0 Å². The van der Waals surface area contributed by atoms with Gasteiger partial charge in [0.15, 0.2) is 0 Å². The first-order valence-corrected chi connectivity index (χ1v) is 7.34. The molecule has 0 bridgehead atoms. The quantitative estimate of drug-likeness (QED) is 0.633. The fraction of sp³-hybridized carbons (Fsp3) is 0.625. The van der Waals surface area contributed by atoms with E-state index in [0.29, 0.717) is 25.9 Å². The Morgan fingerprint density at radius 2 is 1.80 bits per heavy atom. The van der Waals surface area contributed by atoms with Crippen molar-refractivity contribution in [2.24, 2.45) is 0 Å². The second-order valence-electron chi connectivity index (χ2n) is 4.51. The predicted molar refractivity (Wildman–Crippen MR) is 81.3 cm³/mol. The fourth-order valence-electron chi connectivity index (χ4n) is 2.04. The Hall–Kier alpha value is -1.10. The maximum atomic E-state index is 5.54. The fourth-order valence-corrected chi connectivity index (χ4v) is 2.04. The van der Waals surface area contributed by atoms with E-state index in [2.05, 4.69) is 24.4 Å². The molecule has 1 atom stereocenters. The molecule has 1 aromatic rings. The minimum absolute atomic E-state index is 0.318. The maximum Gasteiger partial charge on any atom is 0.119 e. The third-order valence-corrected chi connectivity index (χ3v) is 3.03. The van der Waals surface area contributed by atoms with Gasteiger partial charge in [0.1, 0.15) is 5.75 Å². The Labute approximate surface area is 122 Å². The first-order valence-electron chi connectivity index (χ1n) is 7.34. The van der Waals surface area contributed by atoms with Crippen LogP contribution >= 0.6 is 0 Å². The minimum atomic E-state index is 0.318. The second kappa shape index (κ2) is 10.7. The van der Waals surface area contributed by atoms with Gasteiger partial charge in [0.2, 0.25) is 0 Å². The Balaban J connectivity index is 2.47. The van der Waals surface area contributed by atoms with Gasteiger partial charge in [-0.1, -0.05) is 19.1 Å². The molecule has 0 aromatic heterocycles. The van der Waals surface area contributed by atoms with Crippen molar-refractivity contribution in [3.05, 3.63) is 29.8 Å². The van der Waals surface area contributed by atoms with Crippen LogP contribution in [-0.4, -0.2) is 40.1 Å². The molecule has 0 heterocycles. The molecule has 0 radical (unpaired) electrons. The Morgan fingerprint density at radius 3 is 2.40 bits per heavy atom. The van der Waals surface area contributed by atoms with Crippen molar-refractivity contribution in [1.82, 2.24) is 5.32 Å². The average molecular weight is 281 g/mol. The lowest BCUT2D eigenvalue weighted by atomic mass is 10.0. The monoisotopic (exact) mass is 281 g/mol. The highest BCUT2D eigenvalue weighted by Crippen LogP contribution is 2.20. The van der Waals surface area contributed by atoms with E-state index >= 15 is 0 Å². The molecule has 1 N–H and O–H groups in total. The summed E-state index contributed by atoms with van der Waals surface area (Å²) in [5.74, 6) is 0.919. The Bertz CT molecular complexity index is 340. The van der Waals surface area contributed by atoms with Crippen LogP contribution in [0, 0.1) is 0 Å². The molecule has 0 aliphatic heterocycles. The molecule has 1 aromatic carbocycles. The molecule has 0 saturated carbocycles. The summed E-state index contributed by atoms with van der Waals surface area (Å²) in [6, 6.07) is 8.60. The lowest BCUT2D eigenvalue weighted by molar-refractivity contribution is 0.0658. The molecule has 114 valence electrons. The van der Waals surface area contributed by atoms with Gasteiger partial charge in [-0.15, -0.1) is 0 Å². The standard InChI is InChI=1S/C16H27NO3/c1-4-17-16(10-11-19-13-12-18-3)14-6-8-15(9-7-14)20-5-2/h6-9,16-17H,4-5,10-13H2,1-3H3. The Morgan fingerprint density at radius 1 is 1.05 bits per heavy atom. The van der Waals surface area contributed by atoms with Crippen LogP contribution in [0.2, 0.25) is 0 Å². The van der Waals surface area contributed by atoms with E-state index in [1.165, 1.54) is 5.56 Å². The van der Waals surface area contributed by atoms with Crippen LogP contribution in [0.15, 0.2) is 24.3 Å². The third-order valence-electron chi connectivity index (χ3n) is 3.03. The van der Waals surface area contributed by atoms with E-state index in [-0.39, 0.29) is 0 Å². The number of ether oxygens (including phenoxy) is 3. The van der Waals surface area contributed by atoms with Crippen molar-refractivity contribution in [2.75, 3.05) is 40.1 Å². The highest BCUT2D eigenvalue weighted by molar-refractivity contribution is 5.29. The molecule has 0 amide bonds. The molecule has 4 heteroatoms. The van der Waals surface area contributed by atoms with Crippen molar-refractivity contribution in [2.45, 2.75) is 26.3 Å². The second-order valence-corrected chi connectivity index (χ2v) is 4.51. The summed E-state index contributed by atoms with van der Waals surface area (Å²) in [5.41, 5.74) is 1.27. The third kappa shape index (κ3) is 6.37. The summed E-state index contributed by atoms with van der Waals surface area (Å²) in [6.45, 7) is 7.78. The molecular formula is C16H27NO3. The largest absolute Gasteiger partial charge is 0.494 e. The first-order chi connectivity index (χ1) is 9.81. The zero-order chi connectivity index (χ0) is 14.6. The molecular weight excluding hydrogens is 254 g/mol. The summed E-state index contributed by atoms with van der Waals surface area (Å²) in [4.78, 5) is 0. The smallest absolute Gasteiger partial charge is 0.119 e. The van der Waals surface area contributed by atoms with E-state index in [1.807, 2.05) is 19.1 Å². The SMILES string of the molecule is CCNC(CCOCCOC)c1ccc(OCC)cc1. The first kappa shape index (κ1) is 17.0. The molecule has 20 heavy (non-hydrogen) atoms. The van der Waals surface area contributed by atoms with Crippen molar-refractivity contribution in [1.29, 1.82) is 0 Å². The van der Waals surface area contributed by atoms with Gasteiger partial charge in [-0.2, -0.15) is 0 Å². The van der Waals surface area contributed by atoms with Gasteiger partial charge in [0.05, 0.1) is 19.8 Å². The summed E-state index contributed by atoms with van der Waals surface area (Å²) in [5, 5.41) is 3.49. The van der Waals surface area contributed by atoms with Gasteiger partial charge in [-0.05, 0) is 37.6 Å². The number of benzene rings is 1. The lowest BCUT2D eigenvalue weighted by Crippen LogP contribution is -2.22. The predicted octanol–water partition coefficient (Wildman–Crippen LogP) is 2.79. The van der Waals surface area contributed by atoms with E-state index in [4.69, 9.17) is 14.2 Å². The molecule has 4 nitrogen and oxygen atoms in total. The van der Waals surface area contributed by atoms with Crippen LogP contribution in [0.5, 0.6) is 5.75 Å². The van der Waals surface area contributed by atoms with E-state index < -0.39 is 0 Å². The summed E-state index contributed by atoms with van der Waals surface area (Å²) in [6.07, 6.45) is 0.950. The maximum absolute atomic E-state index is 5.54. The zero-order valence-corrected chi connectivity index (χ0v) is 12.9.